The zero-order valence-electron chi connectivity index (χ0n) is 15.2. The Morgan fingerprint density at radius 1 is 1.23 bits per heavy atom. The summed E-state index contributed by atoms with van der Waals surface area (Å²) in [7, 11) is 0. The highest BCUT2D eigenvalue weighted by Crippen LogP contribution is 2.20. The van der Waals surface area contributed by atoms with Crippen molar-refractivity contribution in [2.75, 3.05) is 18.4 Å². The number of hydrogen-bond acceptors (Lipinski definition) is 4. The number of furan rings is 1. The Morgan fingerprint density at radius 2 is 2.08 bits per heavy atom. The van der Waals surface area contributed by atoms with E-state index in [1.807, 2.05) is 43.0 Å². The van der Waals surface area contributed by atoms with Gasteiger partial charge in [-0.3, -0.25) is 14.5 Å². The van der Waals surface area contributed by atoms with Crippen LogP contribution in [-0.2, 0) is 16.1 Å². The number of carbonyl (C=O) groups excluding carboxylic acids is 2. The monoisotopic (exact) mass is 355 g/mol. The van der Waals surface area contributed by atoms with Gasteiger partial charge in [-0.2, -0.15) is 0 Å². The van der Waals surface area contributed by atoms with Gasteiger partial charge in [0.15, 0.2) is 0 Å². The van der Waals surface area contributed by atoms with Gasteiger partial charge in [-0.25, -0.2) is 0 Å². The molecular formula is C20H25N3O3. The number of likely N-dealkylation sites (tertiary alicyclic amines) is 1. The molecule has 0 saturated carbocycles. The molecule has 2 aromatic rings. The van der Waals surface area contributed by atoms with Crippen LogP contribution in [0.5, 0.6) is 0 Å². The van der Waals surface area contributed by atoms with E-state index in [0.29, 0.717) is 6.54 Å². The average Bonchev–Trinajstić information content (AvgIpc) is 3.28. The lowest BCUT2D eigenvalue weighted by Crippen LogP contribution is -2.45. The Hall–Kier alpha value is -2.60. The largest absolute Gasteiger partial charge is 0.467 e. The lowest BCUT2D eigenvalue weighted by atomic mass is 10.1. The minimum absolute atomic E-state index is 0.0570. The smallest absolute Gasteiger partial charge is 0.238 e. The SMILES string of the molecule is Cc1cccc(NC(=O)CN2CCCC2C(=O)NCc2ccco2)c1C. The second kappa shape index (κ2) is 8.19. The lowest BCUT2D eigenvalue weighted by Gasteiger charge is -2.23. The van der Waals surface area contributed by atoms with Gasteiger partial charge in [0.05, 0.1) is 25.4 Å². The fourth-order valence-electron chi connectivity index (χ4n) is 3.28. The number of hydrogen-bond donors (Lipinski definition) is 2. The van der Waals surface area contributed by atoms with E-state index >= 15 is 0 Å². The van der Waals surface area contributed by atoms with Gasteiger partial charge >= 0.3 is 0 Å². The molecule has 6 heteroatoms. The second-order valence-electron chi connectivity index (χ2n) is 6.72. The van der Waals surface area contributed by atoms with E-state index < -0.39 is 0 Å². The Kier molecular flexibility index (Phi) is 5.73. The van der Waals surface area contributed by atoms with E-state index in [0.717, 1.165) is 42.0 Å². The molecule has 0 radical (unpaired) electrons. The van der Waals surface area contributed by atoms with E-state index in [1.165, 1.54) is 0 Å². The van der Waals surface area contributed by atoms with E-state index in [1.54, 1.807) is 12.3 Å². The maximum atomic E-state index is 12.5. The molecule has 1 aromatic heterocycles. The topological polar surface area (TPSA) is 74.6 Å². The van der Waals surface area contributed by atoms with Crippen LogP contribution in [0.15, 0.2) is 41.0 Å². The highest BCUT2D eigenvalue weighted by atomic mass is 16.3. The molecule has 0 bridgehead atoms. The van der Waals surface area contributed by atoms with Crippen molar-refractivity contribution in [3.63, 3.8) is 0 Å². The van der Waals surface area contributed by atoms with Gasteiger partial charge in [0.25, 0.3) is 0 Å². The van der Waals surface area contributed by atoms with Crippen LogP contribution in [0.2, 0.25) is 0 Å². The predicted octanol–water partition coefficient (Wildman–Crippen LogP) is 2.62. The highest BCUT2D eigenvalue weighted by molar-refractivity contribution is 5.93. The van der Waals surface area contributed by atoms with E-state index in [4.69, 9.17) is 4.42 Å². The Bertz CT molecular complexity index is 771. The van der Waals surface area contributed by atoms with Crippen LogP contribution in [-0.4, -0.2) is 35.8 Å². The second-order valence-corrected chi connectivity index (χ2v) is 6.72. The molecule has 1 atom stereocenters. The summed E-state index contributed by atoms with van der Waals surface area (Å²) in [5.41, 5.74) is 3.03. The van der Waals surface area contributed by atoms with Crippen LogP contribution in [0.4, 0.5) is 5.69 Å². The quantitative estimate of drug-likeness (QED) is 0.835. The van der Waals surface area contributed by atoms with Crippen LogP contribution < -0.4 is 10.6 Å². The van der Waals surface area contributed by atoms with Crippen molar-refractivity contribution in [1.82, 2.24) is 10.2 Å². The third kappa shape index (κ3) is 4.32. The normalized spacial score (nSPS) is 17.2. The zero-order chi connectivity index (χ0) is 18.5. The first-order chi connectivity index (χ1) is 12.5. The van der Waals surface area contributed by atoms with Gasteiger partial charge < -0.3 is 15.1 Å². The number of nitrogens with one attached hydrogen (secondary N) is 2. The number of anilines is 1. The molecule has 6 nitrogen and oxygen atoms in total. The minimum Gasteiger partial charge on any atom is -0.467 e. The third-order valence-corrected chi connectivity index (χ3v) is 4.91. The molecule has 1 aromatic carbocycles. The van der Waals surface area contributed by atoms with Gasteiger partial charge in [-0.1, -0.05) is 12.1 Å². The molecule has 2 heterocycles. The number of carbonyl (C=O) groups is 2. The van der Waals surface area contributed by atoms with Crippen molar-refractivity contribution in [1.29, 1.82) is 0 Å². The summed E-state index contributed by atoms with van der Waals surface area (Å²) in [6, 6.07) is 9.20. The molecule has 1 saturated heterocycles. The van der Waals surface area contributed by atoms with Crippen molar-refractivity contribution in [3.05, 3.63) is 53.5 Å². The van der Waals surface area contributed by atoms with Crippen molar-refractivity contribution in [3.8, 4) is 0 Å². The van der Waals surface area contributed by atoms with Crippen LogP contribution in [0.3, 0.4) is 0 Å². The first-order valence-corrected chi connectivity index (χ1v) is 8.95. The highest BCUT2D eigenvalue weighted by Gasteiger charge is 2.31. The summed E-state index contributed by atoms with van der Waals surface area (Å²) in [5, 5.41) is 5.85. The maximum Gasteiger partial charge on any atom is 0.238 e. The van der Waals surface area contributed by atoms with Crippen molar-refractivity contribution in [2.24, 2.45) is 0 Å². The minimum atomic E-state index is -0.269. The fourth-order valence-corrected chi connectivity index (χ4v) is 3.28. The molecule has 2 N–H and O–H groups in total. The molecule has 3 rings (SSSR count). The number of aryl methyl sites for hydroxylation is 1. The number of rotatable bonds is 6. The average molecular weight is 355 g/mol. The predicted molar refractivity (Wildman–Crippen MR) is 99.7 cm³/mol. The lowest BCUT2D eigenvalue weighted by molar-refractivity contribution is -0.126. The van der Waals surface area contributed by atoms with Gasteiger partial charge in [0, 0.05) is 5.69 Å². The van der Waals surface area contributed by atoms with Gasteiger partial charge in [-0.15, -0.1) is 0 Å². The first kappa shape index (κ1) is 18.2. The molecular weight excluding hydrogens is 330 g/mol. The molecule has 1 fully saturated rings. The van der Waals surface area contributed by atoms with Crippen molar-refractivity contribution >= 4 is 17.5 Å². The molecule has 2 amide bonds. The number of benzene rings is 1. The zero-order valence-corrected chi connectivity index (χ0v) is 15.2. The van der Waals surface area contributed by atoms with E-state index in [9.17, 15) is 9.59 Å². The van der Waals surface area contributed by atoms with Crippen LogP contribution >= 0.6 is 0 Å². The molecule has 0 spiro atoms. The van der Waals surface area contributed by atoms with Gasteiger partial charge in [0.2, 0.25) is 11.8 Å². The van der Waals surface area contributed by atoms with Gasteiger partial charge in [0.1, 0.15) is 5.76 Å². The molecule has 1 aliphatic rings. The summed E-state index contributed by atoms with van der Waals surface area (Å²) in [4.78, 5) is 26.9. The fraction of sp³-hybridized carbons (Fsp3) is 0.400. The van der Waals surface area contributed by atoms with Gasteiger partial charge in [-0.05, 0) is 62.6 Å². The number of nitrogens with zero attached hydrogens (tertiary/aromatic N) is 1. The molecule has 26 heavy (non-hydrogen) atoms. The third-order valence-electron chi connectivity index (χ3n) is 4.91. The molecule has 1 unspecified atom stereocenters. The van der Waals surface area contributed by atoms with Crippen molar-refractivity contribution in [2.45, 2.75) is 39.3 Å². The first-order valence-electron chi connectivity index (χ1n) is 8.95. The summed E-state index contributed by atoms with van der Waals surface area (Å²) in [6.07, 6.45) is 3.26. The maximum absolute atomic E-state index is 12.5. The van der Waals surface area contributed by atoms with E-state index in [2.05, 4.69) is 10.6 Å². The molecule has 0 aliphatic carbocycles. The summed E-state index contributed by atoms with van der Waals surface area (Å²) >= 11 is 0. The molecule has 138 valence electrons. The Labute approximate surface area is 153 Å². The summed E-state index contributed by atoms with van der Waals surface area (Å²) < 4.78 is 5.23. The Balaban J connectivity index is 1.55. The van der Waals surface area contributed by atoms with Crippen LogP contribution in [0, 0.1) is 13.8 Å². The molecule has 1 aliphatic heterocycles. The van der Waals surface area contributed by atoms with Crippen LogP contribution in [0.1, 0.15) is 29.7 Å². The van der Waals surface area contributed by atoms with Crippen molar-refractivity contribution < 1.29 is 14.0 Å². The summed E-state index contributed by atoms with van der Waals surface area (Å²) in [6.45, 7) is 5.34. The summed E-state index contributed by atoms with van der Waals surface area (Å²) in [5.74, 6) is 0.568. The standard InChI is InChI=1S/C20H25N3O3/c1-14-6-3-8-17(15(14)2)22-19(24)13-23-10-4-9-18(23)20(25)21-12-16-7-5-11-26-16/h3,5-8,11,18H,4,9-10,12-13H2,1-2H3,(H,21,25)(H,22,24). The number of amides is 2. The van der Waals surface area contributed by atoms with E-state index in [-0.39, 0.29) is 24.4 Å². The van der Waals surface area contributed by atoms with Crippen LogP contribution in [0.25, 0.3) is 0 Å². The Morgan fingerprint density at radius 3 is 2.85 bits per heavy atom.